The molecule has 1 atom stereocenters. The Morgan fingerprint density at radius 1 is 1.07 bits per heavy atom. The van der Waals surface area contributed by atoms with Gasteiger partial charge in [-0.2, -0.15) is 0 Å². The van der Waals surface area contributed by atoms with Crippen LogP contribution in [0.1, 0.15) is 12.8 Å². The van der Waals surface area contributed by atoms with E-state index >= 15 is 0 Å². The van der Waals surface area contributed by atoms with Crippen LogP contribution < -0.4 is 10.6 Å². The minimum absolute atomic E-state index is 0.166. The topological polar surface area (TPSA) is 173 Å². The van der Waals surface area contributed by atoms with Crippen molar-refractivity contribution in [1.29, 1.82) is 0 Å². The number of nitrogens with one attached hydrogen (secondary N) is 2. The standard InChI is InChI=1S/C11H14ClFN2.2C2H2O4/c12-10-6-8(3-4-11(10)13)15-7-9-2-1-5-14-9;2*3-1(4)2(5)6/h3-4,6,9,14-15H,1-2,5,7H2;2*(H,3,4)(H,5,6). The van der Waals surface area contributed by atoms with Crippen molar-refractivity contribution in [2.24, 2.45) is 0 Å². The summed E-state index contributed by atoms with van der Waals surface area (Å²) in [4.78, 5) is 36.4. The molecule has 0 radical (unpaired) electrons. The zero-order chi connectivity index (χ0) is 21.0. The Morgan fingerprint density at radius 2 is 1.59 bits per heavy atom. The van der Waals surface area contributed by atoms with E-state index in [0.29, 0.717) is 6.04 Å². The molecule has 6 N–H and O–H groups in total. The molecule has 1 unspecified atom stereocenters. The summed E-state index contributed by atoms with van der Waals surface area (Å²) in [5, 5.41) is 36.4. The highest BCUT2D eigenvalue weighted by Crippen LogP contribution is 2.19. The number of aliphatic carboxylic acids is 4. The number of carboxylic acid groups (broad SMARTS) is 4. The average Bonchev–Trinajstić information content (AvgIpc) is 3.10. The molecule has 2 rings (SSSR count). The Balaban J connectivity index is 0.000000470. The third-order valence-electron chi connectivity index (χ3n) is 3.00. The summed E-state index contributed by atoms with van der Waals surface area (Å²) in [6.07, 6.45) is 2.43. The first kappa shape index (κ1) is 24.1. The fourth-order valence-corrected chi connectivity index (χ4v) is 1.96. The van der Waals surface area contributed by atoms with Gasteiger partial charge in [0.05, 0.1) is 5.02 Å². The van der Waals surface area contributed by atoms with Crippen LogP contribution >= 0.6 is 11.6 Å². The van der Waals surface area contributed by atoms with Crippen LogP contribution in [0.15, 0.2) is 18.2 Å². The van der Waals surface area contributed by atoms with Crippen molar-refractivity contribution in [2.75, 3.05) is 18.4 Å². The SMILES string of the molecule is Fc1ccc(NCC2CCCN2)cc1Cl.O=C(O)C(=O)O.O=C(O)C(=O)O. The molecule has 27 heavy (non-hydrogen) atoms. The maximum Gasteiger partial charge on any atom is 0.414 e. The molecule has 0 saturated carbocycles. The van der Waals surface area contributed by atoms with E-state index < -0.39 is 23.9 Å². The summed E-state index contributed by atoms with van der Waals surface area (Å²) in [5.74, 6) is -7.67. The number of hydrogen-bond acceptors (Lipinski definition) is 6. The van der Waals surface area contributed by atoms with E-state index in [1.807, 2.05) is 0 Å². The van der Waals surface area contributed by atoms with Crippen LogP contribution in [0.2, 0.25) is 5.02 Å². The van der Waals surface area contributed by atoms with Crippen molar-refractivity contribution in [2.45, 2.75) is 18.9 Å². The number of anilines is 1. The molecule has 1 fully saturated rings. The van der Waals surface area contributed by atoms with E-state index in [1.165, 1.54) is 18.9 Å². The average molecular weight is 409 g/mol. The van der Waals surface area contributed by atoms with Crippen molar-refractivity contribution in [3.63, 3.8) is 0 Å². The minimum Gasteiger partial charge on any atom is -0.473 e. The molecule has 150 valence electrons. The van der Waals surface area contributed by atoms with Crippen LogP contribution in [0.25, 0.3) is 0 Å². The molecular weight excluding hydrogens is 391 g/mol. The Labute approximate surface area is 157 Å². The number of halogens is 2. The van der Waals surface area contributed by atoms with E-state index in [9.17, 15) is 4.39 Å². The highest BCUT2D eigenvalue weighted by molar-refractivity contribution is 6.31. The van der Waals surface area contributed by atoms with Gasteiger partial charge in [0.2, 0.25) is 0 Å². The van der Waals surface area contributed by atoms with E-state index in [-0.39, 0.29) is 10.8 Å². The lowest BCUT2D eigenvalue weighted by atomic mass is 10.2. The number of rotatable bonds is 3. The molecule has 0 bridgehead atoms. The van der Waals surface area contributed by atoms with E-state index in [4.69, 9.17) is 51.2 Å². The maximum absolute atomic E-state index is 12.9. The Bertz CT molecular complexity index is 632. The first-order chi connectivity index (χ1) is 12.5. The minimum atomic E-state index is -1.82. The molecule has 1 aliphatic rings. The lowest BCUT2D eigenvalue weighted by molar-refractivity contribution is -0.159. The molecule has 1 heterocycles. The molecule has 1 aliphatic heterocycles. The van der Waals surface area contributed by atoms with E-state index in [1.54, 1.807) is 12.1 Å². The normalized spacial score (nSPS) is 14.7. The second-order valence-electron chi connectivity index (χ2n) is 5.02. The van der Waals surface area contributed by atoms with Gasteiger partial charge in [0, 0.05) is 18.3 Å². The molecule has 0 spiro atoms. The zero-order valence-electron chi connectivity index (χ0n) is 13.8. The van der Waals surface area contributed by atoms with Gasteiger partial charge in [0.25, 0.3) is 0 Å². The van der Waals surface area contributed by atoms with Crippen LogP contribution in [-0.2, 0) is 19.2 Å². The number of carbonyl (C=O) groups is 4. The Morgan fingerprint density at radius 3 is 1.96 bits per heavy atom. The fourth-order valence-electron chi connectivity index (χ4n) is 1.78. The van der Waals surface area contributed by atoms with Crippen molar-refractivity contribution in [3.05, 3.63) is 29.0 Å². The number of hydrogen-bond donors (Lipinski definition) is 6. The molecule has 1 aromatic rings. The van der Waals surface area contributed by atoms with Gasteiger partial charge in [-0.05, 0) is 37.6 Å². The zero-order valence-corrected chi connectivity index (χ0v) is 14.6. The van der Waals surface area contributed by atoms with Gasteiger partial charge in [-0.1, -0.05) is 11.6 Å². The first-order valence-electron chi connectivity index (χ1n) is 7.39. The fraction of sp³-hybridized carbons (Fsp3) is 0.333. The molecule has 1 saturated heterocycles. The van der Waals surface area contributed by atoms with Crippen molar-refractivity contribution in [1.82, 2.24) is 5.32 Å². The van der Waals surface area contributed by atoms with Gasteiger partial charge < -0.3 is 31.1 Å². The second kappa shape index (κ2) is 12.4. The Kier molecular flexibility index (Phi) is 11.1. The number of benzene rings is 1. The highest BCUT2D eigenvalue weighted by atomic mass is 35.5. The van der Waals surface area contributed by atoms with Gasteiger partial charge in [-0.25, -0.2) is 23.6 Å². The molecule has 0 aliphatic carbocycles. The number of carboxylic acids is 4. The molecule has 12 heteroatoms. The van der Waals surface area contributed by atoms with Crippen LogP contribution in [0.3, 0.4) is 0 Å². The summed E-state index contributed by atoms with van der Waals surface area (Å²) in [5.41, 5.74) is 0.870. The van der Waals surface area contributed by atoms with Crippen molar-refractivity contribution >= 4 is 41.2 Å². The van der Waals surface area contributed by atoms with Crippen molar-refractivity contribution in [3.8, 4) is 0 Å². The summed E-state index contributed by atoms with van der Waals surface area (Å²) in [6.45, 7) is 1.96. The second-order valence-corrected chi connectivity index (χ2v) is 5.43. The first-order valence-corrected chi connectivity index (χ1v) is 7.77. The quantitative estimate of drug-likeness (QED) is 0.395. The van der Waals surface area contributed by atoms with Gasteiger partial charge in [-0.15, -0.1) is 0 Å². The lowest BCUT2D eigenvalue weighted by Crippen LogP contribution is -2.29. The van der Waals surface area contributed by atoms with Crippen LogP contribution in [0, 0.1) is 5.82 Å². The molecule has 0 amide bonds. The van der Waals surface area contributed by atoms with Crippen LogP contribution in [0.4, 0.5) is 10.1 Å². The summed E-state index contributed by atoms with van der Waals surface area (Å²) in [6, 6.07) is 5.23. The monoisotopic (exact) mass is 408 g/mol. The van der Waals surface area contributed by atoms with Gasteiger partial charge in [-0.3, -0.25) is 0 Å². The lowest BCUT2D eigenvalue weighted by Gasteiger charge is -2.12. The third-order valence-corrected chi connectivity index (χ3v) is 3.29. The van der Waals surface area contributed by atoms with Gasteiger partial charge >= 0.3 is 23.9 Å². The molecular formula is C15H18ClFN2O8. The molecule has 0 aromatic heterocycles. The van der Waals surface area contributed by atoms with Crippen molar-refractivity contribution < 1.29 is 44.0 Å². The molecule has 1 aromatic carbocycles. The smallest absolute Gasteiger partial charge is 0.414 e. The highest BCUT2D eigenvalue weighted by Gasteiger charge is 2.13. The van der Waals surface area contributed by atoms with Gasteiger partial charge in [0.15, 0.2) is 0 Å². The molecule has 10 nitrogen and oxygen atoms in total. The maximum atomic E-state index is 12.9. The predicted molar refractivity (Wildman–Crippen MR) is 91.5 cm³/mol. The summed E-state index contributed by atoms with van der Waals surface area (Å²) >= 11 is 5.68. The third kappa shape index (κ3) is 11.3. The van der Waals surface area contributed by atoms with E-state index in [2.05, 4.69) is 10.6 Å². The largest absolute Gasteiger partial charge is 0.473 e. The van der Waals surface area contributed by atoms with Crippen LogP contribution in [0.5, 0.6) is 0 Å². The Hall–Kier alpha value is -2.92. The van der Waals surface area contributed by atoms with E-state index in [0.717, 1.165) is 18.8 Å². The summed E-state index contributed by atoms with van der Waals surface area (Å²) < 4.78 is 12.9. The summed E-state index contributed by atoms with van der Waals surface area (Å²) in [7, 11) is 0. The predicted octanol–water partition coefficient (Wildman–Crippen LogP) is 0.954. The van der Waals surface area contributed by atoms with Gasteiger partial charge in [0.1, 0.15) is 5.82 Å². The van der Waals surface area contributed by atoms with Crippen LogP contribution in [-0.4, -0.2) is 63.4 Å².